The normalized spacial score (nSPS) is 14.2. The number of ketones is 6. The topological polar surface area (TPSA) is 418 Å². The van der Waals surface area contributed by atoms with Crippen LogP contribution in [-0.4, -0.2) is 210 Å². The molecule has 0 aliphatic carbocycles. The number of imidazole rings is 1. The highest BCUT2D eigenvalue weighted by Gasteiger charge is 2.50. The van der Waals surface area contributed by atoms with Crippen LogP contribution < -0.4 is 0 Å². The minimum atomic E-state index is -5.13. The number of carbonyl (C=O) groups excluding carboxylic acids is 10. The number of nitrogens with zero attached hydrogens (tertiary/aromatic N) is 20. The third-order valence-corrected chi connectivity index (χ3v) is 24.7. The number of hydrogen-bond acceptors (Lipinski definition) is 22. The van der Waals surface area contributed by atoms with E-state index in [0.29, 0.717) is 113 Å². The molecule has 742 valence electrons. The number of rotatable bonds is 23. The third kappa shape index (κ3) is 24.9. The molecule has 0 spiro atoms. The molecule has 145 heavy (non-hydrogen) atoms. The summed E-state index contributed by atoms with van der Waals surface area (Å²) in [4.78, 5) is 153. The second-order valence-electron chi connectivity index (χ2n) is 32.9. The van der Waals surface area contributed by atoms with E-state index >= 15 is 0 Å². The fourth-order valence-corrected chi connectivity index (χ4v) is 17.9. The van der Waals surface area contributed by atoms with Gasteiger partial charge in [-0.05, 0) is 163 Å². The molecule has 4 aromatic carbocycles. The Morgan fingerprint density at radius 2 is 0.910 bits per heavy atom. The number of aliphatic carboxylic acids is 1. The van der Waals surface area contributed by atoms with Gasteiger partial charge >= 0.3 is 30.0 Å². The summed E-state index contributed by atoms with van der Waals surface area (Å²) in [7, 11) is 2.63. The summed E-state index contributed by atoms with van der Waals surface area (Å²) in [5.41, 5.74) is 21.1. The van der Waals surface area contributed by atoms with Gasteiger partial charge in [-0.25, -0.2) is 23.7 Å². The quantitative estimate of drug-likeness (QED) is 0.0118. The van der Waals surface area contributed by atoms with E-state index in [0.717, 1.165) is 44.4 Å². The van der Waals surface area contributed by atoms with Gasteiger partial charge in [-0.3, -0.25) is 76.5 Å². The number of benzene rings is 4. The number of methoxy groups -OCH3 is 2. The summed E-state index contributed by atoms with van der Waals surface area (Å²) >= 11 is 30.5. The Kier molecular flexibility index (Phi) is 33.4. The molecule has 2 aliphatic heterocycles. The lowest BCUT2D eigenvalue weighted by molar-refractivity contribution is -0.186. The summed E-state index contributed by atoms with van der Waals surface area (Å²) < 4.78 is 87.2. The van der Waals surface area contributed by atoms with Gasteiger partial charge in [-0.15, -0.1) is 0 Å². The highest BCUT2D eigenvalue weighted by Crippen LogP contribution is 2.37. The maximum Gasteiger partial charge on any atom is 0.471 e. The van der Waals surface area contributed by atoms with Gasteiger partial charge in [0.05, 0.1) is 91.7 Å². The molecule has 19 rings (SSSR count). The smallest absolute Gasteiger partial charge is 0.471 e. The number of amides is 2. The minimum Gasteiger partial charge on any atom is -0.480 e. The van der Waals surface area contributed by atoms with Gasteiger partial charge < -0.3 is 37.6 Å². The Balaban J connectivity index is 0.000000143. The Morgan fingerprint density at radius 3 is 1.37 bits per heavy atom. The standard InChI is InChI=1S/C29H23BrClFN6O3.C20H16ClN3O3.C19H14ClN3O3.C13H11BrF4N2O2.C11H11N3O3.C8H6ClN3/c1-16(39)27-21-8-9-36-14-22(17-4-2-5-18(31)10-17)34-29(36)28(21)38(35-27)15-26(41)37-13-19(32)11-23(37)24(40)12-20-6-3-7-25(30)33-20;1-12(25)19-16-6-7-23-10-14(13-4-3-5-15(21)8-13)9-17(23)20(16)24(22-19)11-18(26)27-2;1-11(24)18-15-5-6-22-9-13(12-3-2-4-14(20)7-12)8-16(22)19(15)23(21-18)10-17(25)26;14-11-3-1-2-8(19-11)5-10(21)9-4-7(15)6-20(9)12(22)13(16,17)18;1-7(15)11-8-3-4-12-5-9(8)14(13-11)6-10(16)17-2;1-6(11-12-10)7-3-2-4-8(9)5-7/h2-10,14,19,23H,11-13,15H2,1H3;3-10H,11H2,1-2H3;2-9H,10H2,1H3,(H,25,26);1-3,7,9H,4-6H2;3-5H,6H2,1-2H3;2-5H,1H2/t19-,23+;;;7-,9+;;/m1..1../s1. The summed E-state index contributed by atoms with van der Waals surface area (Å²) in [6.07, 6.45) is 5.48. The fourth-order valence-electron chi connectivity index (χ4n) is 16.4. The number of carbonyl (C=O) groups is 11. The predicted molar refractivity (Wildman–Crippen MR) is 537 cm³/mol. The Hall–Kier alpha value is -15.4. The van der Waals surface area contributed by atoms with Crippen molar-refractivity contribution in [3.05, 3.63) is 305 Å². The molecule has 34 nitrogen and oxygen atoms in total. The van der Waals surface area contributed by atoms with Crippen molar-refractivity contribution >= 4 is 209 Å². The van der Waals surface area contributed by atoms with Crippen molar-refractivity contribution in [3.8, 4) is 33.5 Å². The number of likely N-dealkylation sites (tertiary alicyclic amines) is 2. The number of pyridine rings is 6. The van der Waals surface area contributed by atoms with E-state index < -0.39 is 79.1 Å². The van der Waals surface area contributed by atoms with Crippen LogP contribution in [0.2, 0.25) is 20.1 Å². The van der Waals surface area contributed by atoms with Gasteiger partial charge in [0.15, 0.2) is 40.3 Å². The molecule has 1 N–H and O–H groups in total. The van der Waals surface area contributed by atoms with Gasteiger partial charge in [0.1, 0.15) is 76.0 Å². The number of hydrogen-bond donors (Lipinski definition) is 1. The lowest BCUT2D eigenvalue weighted by atomic mass is 10.0. The lowest BCUT2D eigenvalue weighted by Crippen LogP contribution is -2.47. The molecule has 13 aromatic heterocycles. The zero-order chi connectivity index (χ0) is 104. The van der Waals surface area contributed by atoms with Crippen LogP contribution in [-0.2, 0) is 82.1 Å². The first-order chi connectivity index (χ1) is 69.1. The van der Waals surface area contributed by atoms with Gasteiger partial charge in [0.2, 0.25) is 5.91 Å². The zero-order valence-corrected chi connectivity index (χ0v) is 83.4. The van der Waals surface area contributed by atoms with E-state index in [2.05, 4.69) is 88.5 Å². The second-order valence-corrected chi connectivity index (χ2v) is 36.3. The number of carboxylic acid groups (broad SMARTS) is 1. The maximum absolute atomic E-state index is 14.6. The van der Waals surface area contributed by atoms with Crippen molar-refractivity contribution in [2.24, 2.45) is 5.11 Å². The van der Waals surface area contributed by atoms with Crippen LogP contribution in [0.15, 0.2) is 240 Å². The van der Waals surface area contributed by atoms with E-state index in [9.17, 15) is 79.8 Å². The van der Waals surface area contributed by atoms with Crippen molar-refractivity contribution in [2.75, 3.05) is 27.3 Å². The van der Waals surface area contributed by atoms with Crippen molar-refractivity contribution in [1.29, 1.82) is 0 Å². The SMILES string of the molecule is C=C(N=[N+]=[N-])c1cccc(Cl)c1.CC(=O)c1nn(CC(=O)N2C[C@H](F)C[C@H]2C(=O)Cc2cccc(Br)n2)c2c1ccn1cc(-c3cccc(Cl)c3)nc21.CC(=O)c1nn(CC(=O)O)c2c1ccn1cc(-c3cccc(Cl)c3)cc21.COC(=O)Cn1nc(C(C)=O)c2ccn3cc(-c4cccc(Cl)c4)cc3c21.COC(=O)Cn1nc(C(C)=O)c2ccncc21.O=C(Cc1cccc(Br)n1)[C@@H]1C[C@@H](F)CN1C(=O)C(F)(F)F. The van der Waals surface area contributed by atoms with E-state index in [1.807, 2.05) is 113 Å². The molecular formula is C100H81Br2Cl4F5N20O14. The average Bonchev–Trinajstić information content (AvgIpc) is 1.60. The van der Waals surface area contributed by atoms with Crippen LogP contribution in [0.1, 0.15) is 99.4 Å². The number of Topliss-reactive ketones (excluding diaryl/α,β-unsaturated/α-hetero) is 6. The Morgan fingerprint density at radius 1 is 0.490 bits per heavy atom. The van der Waals surface area contributed by atoms with Crippen LogP contribution in [0.25, 0.3) is 110 Å². The second kappa shape index (κ2) is 45.9. The van der Waals surface area contributed by atoms with Crippen LogP contribution in [0.4, 0.5) is 22.0 Å². The first-order valence-electron chi connectivity index (χ1n) is 43.8. The Labute approximate surface area is 855 Å². The summed E-state index contributed by atoms with van der Waals surface area (Å²) in [5, 5.41) is 34.7. The number of azide groups is 1. The molecule has 0 unspecified atom stereocenters. The minimum absolute atomic E-state index is 0.0270. The number of fused-ring (bicyclic) bond motifs is 10. The van der Waals surface area contributed by atoms with E-state index in [1.54, 1.807) is 114 Å². The molecule has 4 atom stereocenters. The number of esters is 2. The molecule has 2 aliphatic rings. The average molecular weight is 2180 g/mol. The molecular weight excluding hydrogens is 2100 g/mol. The first kappa shape index (κ1) is 105. The van der Waals surface area contributed by atoms with Crippen molar-refractivity contribution in [2.45, 2.75) is 110 Å². The number of carboxylic acids is 1. The van der Waals surface area contributed by atoms with Gasteiger partial charge in [0, 0.05) is 164 Å². The van der Waals surface area contributed by atoms with Gasteiger partial charge in [-0.2, -0.15) is 33.6 Å². The molecule has 17 aromatic rings. The molecule has 15 heterocycles. The van der Waals surface area contributed by atoms with E-state index in [4.69, 9.17) is 61.7 Å². The van der Waals surface area contributed by atoms with Crippen LogP contribution in [0.3, 0.4) is 0 Å². The number of aromatic nitrogens is 15. The lowest BCUT2D eigenvalue weighted by Gasteiger charge is -2.24. The van der Waals surface area contributed by atoms with Crippen molar-refractivity contribution < 1.29 is 89.3 Å². The highest BCUT2D eigenvalue weighted by molar-refractivity contribution is 9.10. The molecule has 0 radical (unpaired) electrons. The molecule has 2 saturated heterocycles. The van der Waals surface area contributed by atoms with E-state index in [-0.39, 0.29) is 97.2 Å². The number of halogens is 11. The predicted octanol–water partition coefficient (Wildman–Crippen LogP) is 19.9. The Bertz CT molecular complexity index is 8070. The van der Waals surface area contributed by atoms with Crippen molar-refractivity contribution in [3.63, 3.8) is 0 Å². The molecule has 0 saturated carbocycles. The summed E-state index contributed by atoms with van der Waals surface area (Å²) in [6, 6.07) is 48.0. The van der Waals surface area contributed by atoms with Crippen LogP contribution in [0.5, 0.6) is 0 Å². The van der Waals surface area contributed by atoms with Gasteiger partial charge in [0.25, 0.3) is 0 Å². The van der Waals surface area contributed by atoms with Crippen LogP contribution >= 0.6 is 78.3 Å². The summed E-state index contributed by atoms with van der Waals surface area (Å²) in [5.74, 6) is -6.28. The monoisotopic (exact) mass is 2180 g/mol. The highest BCUT2D eigenvalue weighted by atomic mass is 79.9. The fraction of sp³-hybridized carbons (Fsp3) is 0.210. The third-order valence-electron chi connectivity index (χ3n) is 22.9. The maximum atomic E-state index is 14.6. The largest absolute Gasteiger partial charge is 0.480 e. The zero-order valence-electron chi connectivity index (χ0n) is 77.2. The molecule has 0 bridgehead atoms. The molecule has 2 fully saturated rings. The van der Waals surface area contributed by atoms with E-state index in [1.165, 1.54) is 71.6 Å². The molecule has 2 amide bonds. The molecule has 45 heteroatoms. The van der Waals surface area contributed by atoms with Crippen LogP contribution in [0, 0.1) is 0 Å². The summed E-state index contributed by atoms with van der Waals surface area (Å²) in [6.45, 7) is 7.66. The first-order valence-corrected chi connectivity index (χ1v) is 46.9. The van der Waals surface area contributed by atoms with Gasteiger partial charge in [-0.1, -0.05) is 119 Å². The number of alkyl halides is 5. The van der Waals surface area contributed by atoms with Crippen molar-refractivity contribution in [1.82, 2.24) is 82.1 Å². The number of ether oxygens (including phenoxy) is 2.